The molecule has 0 unspecified atom stereocenters. The molecule has 0 spiro atoms. The van der Waals surface area contributed by atoms with Crippen molar-refractivity contribution in [1.82, 2.24) is 4.98 Å². The third-order valence-electron chi connectivity index (χ3n) is 4.13. The first-order valence-corrected chi connectivity index (χ1v) is 9.80. The van der Waals surface area contributed by atoms with Gasteiger partial charge < -0.3 is 14.8 Å². The van der Waals surface area contributed by atoms with Gasteiger partial charge in [-0.15, -0.1) is 0 Å². The van der Waals surface area contributed by atoms with Gasteiger partial charge in [-0.2, -0.15) is 0 Å². The van der Waals surface area contributed by atoms with Crippen molar-refractivity contribution >= 4 is 30.1 Å². The number of fused-ring (bicyclic) bond motifs is 1. The molecule has 136 valence electrons. The van der Waals surface area contributed by atoms with Crippen LogP contribution in [0.15, 0.2) is 79.0 Å². The fraction of sp³-hybridized carbons (Fsp3) is 0. The van der Waals surface area contributed by atoms with Crippen molar-refractivity contribution in [3.63, 3.8) is 0 Å². The van der Waals surface area contributed by atoms with Crippen molar-refractivity contribution in [3.05, 3.63) is 79.0 Å². The lowest BCUT2D eigenvalue weighted by Crippen LogP contribution is -1.90. The Labute approximate surface area is 155 Å². The number of nitrogens with one attached hydrogen (secondary N) is 2. The number of phosphoric acid groups is 1. The highest BCUT2D eigenvalue weighted by Crippen LogP contribution is 2.38. The number of hydrogen-bond donors (Lipinski definition) is 4. The molecule has 0 bridgehead atoms. The van der Waals surface area contributed by atoms with Crippen LogP contribution in [0, 0.1) is 0 Å². The average Bonchev–Trinajstić information content (AvgIpc) is 3.05. The Morgan fingerprint density at radius 3 is 2.33 bits per heavy atom. The third kappa shape index (κ3) is 4.04. The summed E-state index contributed by atoms with van der Waals surface area (Å²) in [5, 5.41) is 4.42. The highest BCUT2D eigenvalue weighted by Gasteiger charge is 2.16. The minimum Gasteiger partial charge on any atom is -0.404 e. The molecule has 0 atom stereocenters. The second-order valence-electron chi connectivity index (χ2n) is 6.06. The van der Waals surface area contributed by atoms with Crippen LogP contribution in [0.3, 0.4) is 0 Å². The van der Waals surface area contributed by atoms with Gasteiger partial charge in [0.15, 0.2) is 0 Å². The van der Waals surface area contributed by atoms with Gasteiger partial charge >= 0.3 is 7.82 Å². The molecule has 0 fully saturated rings. The van der Waals surface area contributed by atoms with Gasteiger partial charge in [-0.25, -0.2) is 4.57 Å². The predicted octanol–water partition coefficient (Wildman–Crippen LogP) is 5.05. The van der Waals surface area contributed by atoms with Gasteiger partial charge in [0.25, 0.3) is 0 Å². The molecule has 0 aliphatic carbocycles. The number of aromatic nitrogens is 1. The summed E-state index contributed by atoms with van der Waals surface area (Å²) in [6.07, 6.45) is 1.91. The second-order valence-corrected chi connectivity index (χ2v) is 7.22. The molecule has 1 aromatic heterocycles. The van der Waals surface area contributed by atoms with Crippen molar-refractivity contribution in [2.24, 2.45) is 0 Å². The fourth-order valence-electron chi connectivity index (χ4n) is 2.96. The van der Waals surface area contributed by atoms with Crippen molar-refractivity contribution < 1.29 is 18.9 Å². The standard InChI is InChI=1S/C20H17N2O4P/c23-27(24,25)26-17-9-6-14(7-10-17)19-13-21-20-11-8-16(12-18(19)20)22-15-4-2-1-3-5-15/h1-13,21-22H,(H2,23,24,25). The van der Waals surface area contributed by atoms with Crippen molar-refractivity contribution in [2.45, 2.75) is 0 Å². The molecule has 3 aromatic carbocycles. The Balaban J connectivity index is 1.66. The third-order valence-corrected chi connectivity index (χ3v) is 4.58. The van der Waals surface area contributed by atoms with E-state index in [0.717, 1.165) is 33.4 Å². The summed E-state index contributed by atoms with van der Waals surface area (Å²) in [6.45, 7) is 0. The molecule has 1 heterocycles. The van der Waals surface area contributed by atoms with Gasteiger partial charge in [0.05, 0.1) is 0 Å². The quantitative estimate of drug-likeness (QED) is 0.364. The molecule has 4 rings (SSSR count). The molecule has 4 N–H and O–H groups in total. The summed E-state index contributed by atoms with van der Waals surface area (Å²) < 4.78 is 15.5. The number of aromatic amines is 1. The molecule has 0 radical (unpaired) electrons. The maximum atomic E-state index is 10.9. The number of para-hydroxylation sites is 1. The van der Waals surface area contributed by atoms with Crippen LogP contribution in [0.1, 0.15) is 0 Å². The predicted molar refractivity (Wildman–Crippen MR) is 106 cm³/mol. The number of benzene rings is 3. The number of rotatable bonds is 5. The molecule has 0 aliphatic heterocycles. The van der Waals surface area contributed by atoms with Gasteiger partial charge in [0.1, 0.15) is 5.75 Å². The first-order valence-electron chi connectivity index (χ1n) is 8.27. The zero-order valence-electron chi connectivity index (χ0n) is 14.2. The lowest BCUT2D eigenvalue weighted by molar-refractivity contribution is 0.283. The molecule has 6 nitrogen and oxygen atoms in total. The molecule has 0 aliphatic rings. The summed E-state index contributed by atoms with van der Waals surface area (Å²) in [4.78, 5) is 21.0. The number of phosphoric ester groups is 1. The highest BCUT2D eigenvalue weighted by atomic mass is 31.2. The second kappa shape index (κ2) is 6.93. The van der Waals surface area contributed by atoms with Crippen molar-refractivity contribution in [1.29, 1.82) is 0 Å². The summed E-state index contributed by atoms with van der Waals surface area (Å²) in [6, 6.07) is 22.6. The van der Waals surface area contributed by atoms with E-state index in [4.69, 9.17) is 9.79 Å². The first kappa shape index (κ1) is 17.4. The van der Waals surface area contributed by atoms with Gasteiger partial charge in [-0.05, 0) is 48.0 Å². The summed E-state index contributed by atoms with van der Waals surface area (Å²) in [5.41, 5.74) is 4.88. The maximum absolute atomic E-state index is 10.9. The first-order chi connectivity index (χ1) is 13.0. The topological polar surface area (TPSA) is 94.6 Å². The maximum Gasteiger partial charge on any atom is 0.524 e. The molecule has 0 amide bonds. The monoisotopic (exact) mass is 380 g/mol. The van der Waals surface area contributed by atoms with E-state index in [1.165, 1.54) is 0 Å². The average molecular weight is 380 g/mol. The smallest absolute Gasteiger partial charge is 0.404 e. The minimum absolute atomic E-state index is 0.123. The van der Waals surface area contributed by atoms with Gasteiger partial charge in [-0.3, -0.25) is 9.79 Å². The lowest BCUT2D eigenvalue weighted by Gasteiger charge is -2.08. The van der Waals surface area contributed by atoms with E-state index in [-0.39, 0.29) is 5.75 Å². The molecule has 0 saturated heterocycles. The van der Waals surface area contributed by atoms with Gasteiger partial charge in [0.2, 0.25) is 0 Å². The van der Waals surface area contributed by atoms with Crippen LogP contribution in [0.25, 0.3) is 22.0 Å². The molecular formula is C20H17N2O4P. The van der Waals surface area contributed by atoms with E-state index in [2.05, 4.69) is 20.9 Å². The lowest BCUT2D eigenvalue weighted by atomic mass is 10.0. The van der Waals surface area contributed by atoms with E-state index >= 15 is 0 Å². The molecule has 4 aromatic rings. The Hall–Kier alpha value is -3.05. The molecule has 0 saturated carbocycles. The van der Waals surface area contributed by atoms with Gasteiger partial charge in [0, 0.05) is 34.0 Å². The van der Waals surface area contributed by atoms with Crippen LogP contribution in [0.2, 0.25) is 0 Å². The van der Waals surface area contributed by atoms with E-state index in [9.17, 15) is 4.57 Å². The normalized spacial score (nSPS) is 11.5. The van der Waals surface area contributed by atoms with E-state index < -0.39 is 7.82 Å². The number of anilines is 2. The fourth-order valence-corrected chi connectivity index (χ4v) is 3.35. The largest absolute Gasteiger partial charge is 0.524 e. The highest BCUT2D eigenvalue weighted by molar-refractivity contribution is 7.46. The summed E-state index contributed by atoms with van der Waals surface area (Å²) in [5.74, 6) is 0.123. The van der Waals surface area contributed by atoms with Crippen LogP contribution >= 0.6 is 7.82 Å². The number of hydrogen-bond acceptors (Lipinski definition) is 3. The molecular weight excluding hydrogens is 363 g/mol. The Morgan fingerprint density at radius 2 is 1.63 bits per heavy atom. The van der Waals surface area contributed by atoms with Crippen LogP contribution < -0.4 is 9.84 Å². The minimum atomic E-state index is -4.56. The SMILES string of the molecule is O=P(O)(O)Oc1ccc(-c2c[nH]c3ccc(Nc4ccccc4)cc23)cc1. The van der Waals surface area contributed by atoms with Crippen molar-refractivity contribution in [3.8, 4) is 16.9 Å². The van der Waals surface area contributed by atoms with Crippen LogP contribution in [-0.4, -0.2) is 14.8 Å². The van der Waals surface area contributed by atoms with Gasteiger partial charge in [-0.1, -0.05) is 30.3 Å². The molecule has 7 heteroatoms. The van der Waals surface area contributed by atoms with Crippen LogP contribution in [-0.2, 0) is 4.57 Å². The summed E-state index contributed by atoms with van der Waals surface area (Å²) in [7, 11) is -4.56. The number of H-pyrrole nitrogens is 1. The van der Waals surface area contributed by atoms with E-state index in [0.29, 0.717) is 0 Å². The van der Waals surface area contributed by atoms with Crippen LogP contribution in [0.4, 0.5) is 11.4 Å². The zero-order chi connectivity index (χ0) is 18.9. The van der Waals surface area contributed by atoms with Crippen LogP contribution in [0.5, 0.6) is 5.75 Å². The zero-order valence-corrected chi connectivity index (χ0v) is 15.1. The Bertz CT molecular complexity index is 1120. The Morgan fingerprint density at radius 1 is 0.889 bits per heavy atom. The summed E-state index contributed by atoms with van der Waals surface area (Å²) >= 11 is 0. The Kier molecular flexibility index (Phi) is 4.46. The van der Waals surface area contributed by atoms with E-state index in [1.54, 1.807) is 24.3 Å². The molecule has 27 heavy (non-hydrogen) atoms. The van der Waals surface area contributed by atoms with E-state index in [1.807, 2.05) is 48.7 Å². The van der Waals surface area contributed by atoms with Crippen molar-refractivity contribution in [2.75, 3.05) is 5.32 Å².